The zero-order valence-electron chi connectivity index (χ0n) is 17.6. The Morgan fingerprint density at radius 2 is 1.50 bits per heavy atom. The number of amides is 1. The summed E-state index contributed by atoms with van der Waals surface area (Å²) in [5.41, 5.74) is 0.804. The number of likely N-dealkylation sites (tertiary alicyclic amines) is 1. The van der Waals surface area contributed by atoms with Crippen molar-refractivity contribution in [2.45, 2.75) is 57.0 Å². The van der Waals surface area contributed by atoms with Crippen LogP contribution in [0.1, 0.15) is 46.5 Å². The molecule has 3 rings (SSSR count). The maximum Gasteiger partial charge on any atom is 0.410 e. The van der Waals surface area contributed by atoms with Gasteiger partial charge in [-0.2, -0.15) is 0 Å². The molecule has 0 saturated carbocycles. The van der Waals surface area contributed by atoms with Crippen LogP contribution in [0.5, 0.6) is 0 Å². The Labute approximate surface area is 172 Å². The first kappa shape index (κ1) is 21.3. The molecule has 0 aliphatic carbocycles. The van der Waals surface area contributed by atoms with E-state index in [9.17, 15) is 9.35 Å². The van der Waals surface area contributed by atoms with Crippen LogP contribution in [0.2, 0.25) is 0 Å². The summed E-state index contributed by atoms with van der Waals surface area (Å²) in [7, 11) is 0. The van der Waals surface area contributed by atoms with E-state index < -0.39 is 16.8 Å². The van der Waals surface area contributed by atoms with E-state index in [0.717, 1.165) is 49.8 Å². The number of nitrogens with zero attached hydrogens (tertiary/aromatic N) is 2. The van der Waals surface area contributed by atoms with E-state index in [4.69, 9.17) is 4.74 Å². The molecule has 0 radical (unpaired) electrons. The maximum absolute atomic E-state index is 12.2. The molecular weight excluding hydrogens is 372 g/mol. The second-order valence-corrected chi connectivity index (χ2v) is 10.5. The lowest BCUT2D eigenvalue weighted by molar-refractivity contribution is 0.0152. The quantitative estimate of drug-likeness (QED) is 0.703. The van der Waals surface area contributed by atoms with E-state index in [1.165, 1.54) is 18.5 Å². The van der Waals surface area contributed by atoms with Gasteiger partial charge < -0.3 is 19.1 Å². The Kier molecular flexibility index (Phi) is 6.81. The molecule has 1 aromatic carbocycles. The van der Waals surface area contributed by atoms with Crippen molar-refractivity contribution in [1.82, 2.24) is 4.90 Å². The number of benzene rings is 1. The first-order valence-electron chi connectivity index (χ1n) is 10.4. The van der Waals surface area contributed by atoms with Crippen molar-refractivity contribution in [3.8, 4) is 0 Å². The molecule has 0 spiro atoms. The fraction of sp³-hybridized carbons (Fsp3) is 0.682. The van der Waals surface area contributed by atoms with Gasteiger partial charge in [-0.1, -0.05) is 0 Å². The lowest BCUT2D eigenvalue weighted by atomic mass is 9.79. The number of carbonyl (C=O) groups excluding carboxylic acids is 1. The van der Waals surface area contributed by atoms with E-state index in [1.54, 1.807) is 6.26 Å². The van der Waals surface area contributed by atoms with E-state index >= 15 is 0 Å². The van der Waals surface area contributed by atoms with Gasteiger partial charge in [-0.05, 0) is 93.7 Å². The van der Waals surface area contributed by atoms with Crippen LogP contribution in [0.3, 0.4) is 0 Å². The van der Waals surface area contributed by atoms with Crippen LogP contribution in [0.15, 0.2) is 29.2 Å². The number of rotatable bonds is 3. The lowest BCUT2D eigenvalue weighted by Crippen LogP contribution is -2.44. The lowest BCUT2D eigenvalue weighted by Gasteiger charge is -2.41. The van der Waals surface area contributed by atoms with Crippen LogP contribution in [0.4, 0.5) is 10.5 Å². The molecule has 2 aliphatic heterocycles. The van der Waals surface area contributed by atoms with Gasteiger partial charge in [-0.15, -0.1) is 0 Å². The average molecular weight is 407 g/mol. The predicted octanol–water partition coefficient (Wildman–Crippen LogP) is 4.29. The molecule has 156 valence electrons. The highest BCUT2D eigenvalue weighted by atomic mass is 32.2. The number of ether oxygens (including phenoxy) is 1. The van der Waals surface area contributed by atoms with Gasteiger partial charge in [0.2, 0.25) is 0 Å². The summed E-state index contributed by atoms with van der Waals surface area (Å²) in [5.74, 6) is 1.46. The largest absolute Gasteiger partial charge is 0.612 e. The third kappa shape index (κ3) is 5.57. The zero-order valence-corrected chi connectivity index (χ0v) is 18.5. The molecule has 0 aromatic heterocycles. The minimum Gasteiger partial charge on any atom is -0.612 e. The van der Waals surface area contributed by atoms with E-state index in [2.05, 4.69) is 17.0 Å². The first-order chi connectivity index (χ1) is 13.2. The van der Waals surface area contributed by atoms with Crippen LogP contribution in [-0.4, -0.2) is 53.6 Å². The second kappa shape index (κ2) is 8.95. The molecule has 1 atom stereocenters. The molecule has 6 heteroatoms. The van der Waals surface area contributed by atoms with Crippen molar-refractivity contribution in [3.63, 3.8) is 0 Å². The van der Waals surface area contributed by atoms with Gasteiger partial charge >= 0.3 is 6.09 Å². The van der Waals surface area contributed by atoms with Crippen LogP contribution in [0.25, 0.3) is 0 Å². The molecule has 2 fully saturated rings. The minimum atomic E-state index is -0.919. The first-order valence-corrected chi connectivity index (χ1v) is 11.9. The molecular formula is C22H34N2O3S. The fourth-order valence-electron chi connectivity index (χ4n) is 4.36. The predicted molar refractivity (Wildman–Crippen MR) is 114 cm³/mol. The highest BCUT2D eigenvalue weighted by Gasteiger charge is 2.32. The van der Waals surface area contributed by atoms with Crippen molar-refractivity contribution in [2.75, 3.05) is 37.3 Å². The molecule has 2 aliphatic rings. The van der Waals surface area contributed by atoms with Gasteiger partial charge in [0, 0.05) is 31.9 Å². The van der Waals surface area contributed by atoms with Gasteiger partial charge in [-0.3, -0.25) is 0 Å². The van der Waals surface area contributed by atoms with Crippen molar-refractivity contribution < 1.29 is 14.1 Å². The summed E-state index contributed by atoms with van der Waals surface area (Å²) >= 11 is -0.919. The third-order valence-corrected chi connectivity index (χ3v) is 6.87. The van der Waals surface area contributed by atoms with Crippen molar-refractivity contribution in [1.29, 1.82) is 0 Å². The van der Waals surface area contributed by atoms with Crippen molar-refractivity contribution in [2.24, 2.45) is 11.8 Å². The summed E-state index contributed by atoms with van der Waals surface area (Å²) in [5, 5.41) is 0. The molecule has 28 heavy (non-hydrogen) atoms. The number of hydrogen-bond donors (Lipinski definition) is 0. The smallest absolute Gasteiger partial charge is 0.410 e. The zero-order chi connectivity index (χ0) is 20.3. The normalized spacial score (nSPS) is 20.9. The summed E-state index contributed by atoms with van der Waals surface area (Å²) < 4.78 is 17.1. The van der Waals surface area contributed by atoms with Crippen LogP contribution in [0, 0.1) is 11.8 Å². The SMILES string of the molecule is C[S+]([O-])c1ccc(N2CCC(C3CCN(C(=O)OC(C)(C)C)CC3)CC2)cc1. The number of carbonyl (C=O) groups is 1. The van der Waals surface area contributed by atoms with Crippen molar-refractivity contribution >= 4 is 23.0 Å². The third-order valence-electron chi connectivity index (χ3n) is 5.93. The summed E-state index contributed by atoms with van der Waals surface area (Å²) in [4.78, 5) is 17.4. The highest BCUT2D eigenvalue weighted by Crippen LogP contribution is 2.34. The Morgan fingerprint density at radius 3 is 1.96 bits per heavy atom. The maximum atomic E-state index is 12.2. The monoisotopic (exact) mass is 406 g/mol. The highest BCUT2D eigenvalue weighted by molar-refractivity contribution is 7.90. The summed E-state index contributed by atoms with van der Waals surface area (Å²) in [6.45, 7) is 9.53. The number of anilines is 1. The molecule has 1 aromatic rings. The van der Waals surface area contributed by atoms with Gasteiger partial charge in [0.05, 0.1) is 0 Å². The van der Waals surface area contributed by atoms with Crippen molar-refractivity contribution in [3.05, 3.63) is 24.3 Å². The van der Waals surface area contributed by atoms with Gasteiger partial charge in [-0.25, -0.2) is 4.79 Å². The van der Waals surface area contributed by atoms with Gasteiger partial charge in [0.1, 0.15) is 11.9 Å². The summed E-state index contributed by atoms with van der Waals surface area (Å²) in [6.07, 6.45) is 6.13. The Balaban J connectivity index is 1.45. The minimum absolute atomic E-state index is 0.169. The molecule has 1 unspecified atom stereocenters. The van der Waals surface area contributed by atoms with Crippen LogP contribution < -0.4 is 4.90 Å². The second-order valence-electron chi connectivity index (χ2n) is 9.08. The van der Waals surface area contributed by atoms with Gasteiger partial charge in [0.15, 0.2) is 4.90 Å². The number of hydrogen-bond acceptors (Lipinski definition) is 4. The fourth-order valence-corrected chi connectivity index (χ4v) is 4.88. The Morgan fingerprint density at radius 1 is 1.00 bits per heavy atom. The molecule has 0 bridgehead atoms. The molecule has 0 N–H and O–H groups in total. The standard InChI is InChI=1S/C22H34N2O3S/c1-22(2,3)27-21(25)24-15-11-18(12-16-24)17-9-13-23(14-10-17)19-5-7-20(8-6-19)28(4)26/h5-8,17-18H,9-16H2,1-4H3. The van der Waals surface area contributed by atoms with Gasteiger partial charge in [0.25, 0.3) is 0 Å². The molecule has 2 heterocycles. The Bertz CT molecular complexity index is 641. The molecule has 1 amide bonds. The molecule has 2 saturated heterocycles. The Hall–Kier alpha value is -1.40. The van der Waals surface area contributed by atoms with E-state index in [0.29, 0.717) is 5.92 Å². The topological polar surface area (TPSA) is 55.8 Å². The average Bonchev–Trinajstić information content (AvgIpc) is 2.67. The summed E-state index contributed by atoms with van der Waals surface area (Å²) in [6, 6.07) is 8.14. The van der Waals surface area contributed by atoms with Crippen LogP contribution >= 0.6 is 0 Å². The molecule has 5 nitrogen and oxygen atoms in total. The number of piperidine rings is 2. The van der Waals surface area contributed by atoms with Crippen LogP contribution in [-0.2, 0) is 15.9 Å². The van der Waals surface area contributed by atoms with E-state index in [1.807, 2.05) is 37.8 Å². The van der Waals surface area contributed by atoms with E-state index in [-0.39, 0.29) is 6.09 Å².